The lowest BCUT2D eigenvalue weighted by molar-refractivity contribution is -0.122. The van der Waals surface area contributed by atoms with E-state index in [0.29, 0.717) is 27.8 Å². The molecule has 8 nitrogen and oxygen atoms in total. The molecule has 3 amide bonds. The lowest BCUT2D eigenvalue weighted by Crippen LogP contribution is -2.43. The van der Waals surface area contributed by atoms with Gasteiger partial charge in [-0.1, -0.05) is 18.2 Å². The first-order chi connectivity index (χ1) is 13.6. The van der Waals surface area contributed by atoms with E-state index < -0.39 is 23.8 Å². The SMILES string of the molecule is O=C(C[C@H]1NC(=O)c2ccccc2NC1=O)Nc1nc(-c2ccccn2)cs1. The van der Waals surface area contributed by atoms with E-state index in [1.165, 1.54) is 11.3 Å². The minimum atomic E-state index is -0.977. The van der Waals surface area contributed by atoms with E-state index in [4.69, 9.17) is 0 Å². The van der Waals surface area contributed by atoms with Crippen molar-refractivity contribution in [2.45, 2.75) is 12.5 Å². The molecule has 3 aromatic rings. The van der Waals surface area contributed by atoms with Crippen molar-refractivity contribution in [2.75, 3.05) is 10.6 Å². The molecule has 4 rings (SSSR count). The molecule has 2 aromatic heterocycles. The Morgan fingerprint density at radius 1 is 1.11 bits per heavy atom. The van der Waals surface area contributed by atoms with Gasteiger partial charge in [0.25, 0.3) is 5.91 Å². The molecule has 1 aromatic carbocycles. The minimum absolute atomic E-state index is 0.204. The van der Waals surface area contributed by atoms with Crippen LogP contribution in [0, 0.1) is 0 Å². The van der Waals surface area contributed by atoms with Crippen LogP contribution in [0.5, 0.6) is 0 Å². The van der Waals surface area contributed by atoms with Gasteiger partial charge < -0.3 is 16.0 Å². The maximum Gasteiger partial charge on any atom is 0.254 e. The summed E-state index contributed by atoms with van der Waals surface area (Å²) in [6, 6.07) is 11.2. The van der Waals surface area contributed by atoms with E-state index in [1.54, 1.807) is 35.8 Å². The number of nitrogens with one attached hydrogen (secondary N) is 3. The van der Waals surface area contributed by atoms with Crippen LogP contribution in [0.1, 0.15) is 16.8 Å². The largest absolute Gasteiger partial charge is 0.340 e. The number of carbonyl (C=O) groups is 3. The first-order valence-electron chi connectivity index (χ1n) is 8.48. The van der Waals surface area contributed by atoms with E-state index >= 15 is 0 Å². The zero-order valence-electron chi connectivity index (χ0n) is 14.5. The van der Waals surface area contributed by atoms with Crippen LogP contribution in [0.15, 0.2) is 54.0 Å². The second-order valence-electron chi connectivity index (χ2n) is 6.07. The van der Waals surface area contributed by atoms with E-state index in [1.807, 2.05) is 18.2 Å². The number of carbonyl (C=O) groups excluding carboxylic acids is 3. The minimum Gasteiger partial charge on any atom is -0.340 e. The lowest BCUT2D eigenvalue weighted by Gasteiger charge is -2.13. The van der Waals surface area contributed by atoms with Gasteiger partial charge in [0.1, 0.15) is 11.7 Å². The van der Waals surface area contributed by atoms with E-state index in [-0.39, 0.29) is 6.42 Å². The number of para-hydroxylation sites is 1. The fraction of sp³-hybridized carbons (Fsp3) is 0.105. The second-order valence-corrected chi connectivity index (χ2v) is 6.92. The summed E-state index contributed by atoms with van der Waals surface area (Å²) in [7, 11) is 0. The van der Waals surface area contributed by atoms with Crippen molar-refractivity contribution in [3.8, 4) is 11.4 Å². The maximum atomic E-state index is 12.4. The second kappa shape index (κ2) is 7.57. The van der Waals surface area contributed by atoms with Crippen LogP contribution < -0.4 is 16.0 Å². The van der Waals surface area contributed by atoms with Gasteiger partial charge in [0.05, 0.1) is 23.4 Å². The number of nitrogens with zero attached hydrogens (tertiary/aromatic N) is 2. The third-order valence-electron chi connectivity index (χ3n) is 4.12. The highest BCUT2D eigenvalue weighted by Gasteiger charge is 2.29. The first kappa shape index (κ1) is 17.8. The molecule has 1 aliphatic heterocycles. The van der Waals surface area contributed by atoms with Crippen LogP contribution in [-0.4, -0.2) is 33.7 Å². The molecule has 0 aliphatic carbocycles. The number of pyridine rings is 1. The summed E-state index contributed by atoms with van der Waals surface area (Å²) in [4.78, 5) is 45.6. The zero-order valence-corrected chi connectivity index (χ0v) is 15.3. The predicted octanol–water partition coefficient (Wildman–Crippen LogP) is 2.28. The van der Waals surface area contributed by atoms with E-state index in [2.05, 4.69) is 25.9 Å². The predicted molar refractivity (Wildman–Crippen MR) is 105 cm³/mol. The van der Waals surface area contributed by atoms with Gasteiger partial charge in [-0.25, -0.2) is 4.98 Å². The number of amides is 3. The Morgan fingerprint density at radius 2 is 1.93 bits per heavy atom. The molecular weight excluding hydrogens is 378 g/mol. The Labute approximate surface area is 164 Å². The fourth-order valence-electron chi connectivity index (χ4n) is 2.77. The van der Waals surface area contributed by atoms with Crippen molar-refractivity contribution in [2.24, 2.45) is 0 Å². The number of hydrogen-bond acceptors (Lipinski definition) is 6. The number of thiazole rings is 1. The van der Waals surface area contributed by atoms with Crippen LogP contribution in [0.4, 0.5) is 10.8 Å². The van der Waals surface area contributed by atoms with Gasteiger partial charge >= 0.3 is 0 Å². The van der Waals surface area contributed by atoms with Crippen LogP contribution in [-0.2, 0) is 9.59 Å². The Kier molecular flexibility index (Phi) is 4.81. The van der Waals surface area contributed by atoms with Crippen LogP contribution in [0.25, 0.3) is 11.4 Å². The van der Waals surface area contributed by atoms with Crippen LogP contribution in [0.3, 0.4) is 0 Å². The van der Waals surface area contributed by atoms with Gasteiger partial charge in [-0.05, 0) is 24.3 Å². The quantitative estimate of drug-likeness (QED) is 0.629. The molecule has 3 heterocycles. The highest BCUT2D eigenvalue weighted by atomic mass is 32.1. The highest BCUT2D eigenvalue weighted by molar-refractivity contribution is 7.14. The molecule has 0 fully saturated rings. The van der Waals surface area contributed by atoms with Gasteiger partial charge in [-0.3, -0.25) is 19.4 Å². The Bertz CT molecular complexity index is 1050. The van der Waals surface area contributed by atoms with Gasteiger partial charge in [0, 0.05) is 11.6 Å². The normalized spacial score (nSPS) is 15.8. The van der Waals surface area contributed by atoms with Crippen LogP contribution >= 0.6 is 11.3 Å². The first-order valence-corrected chi connectivity index (χ1v) is 9.35. The van der Waals surface area contributed by atoms with Crippen molar-refractivity contribution in [3.05, 3.63) is 59.6 Å². The molecule has 3 N–H and O–H groups in total. The summed E-state index contributed by atoms with van der Waals surface area (Å²) in [6.45, 7) is 0. The molecule has 0 radical (unpaired) electrons. The molecule has 0 unspecified atom stereocenters. The fourth-order valence-corrected chi connectivity index (χ4v) is 3.49. The third kappa shape index (κ3) is 3.74. The van der Waals surface area contributed by atoms with Crippen molar-refractivity contribution in [1.29, 1.82) is 0 Å². The summed E-state index contributed by atoms with van der Waals surface area (Å²) in [6.07, 6.45) is 1.46. The highest BCUT2D eigenvalue weighted by Crippen LogP contribution is 2.23. The van der Waals surface area contributed by atoms with Crippen molar-refractivity contribution < 1.29 is 14.4 Å². The molecule has 140 valence electrons. The maximum absolute atomic E-state index is 12.4. The molecular formula is C19H15N5O3S. The molecule has 0 saturated carbocycles. The van der Waals surface area contributed by atoms with Crippen LogP contribution in [0.2, 0.25) is 0 Å². The Balaban J connectivity index is 1.42. The summed E-state index contributed by atoms with van der Waals surface area (Å²) in [5.74, 6) is -1.27. The summed E-state index contributed by atoms with van der Waals surface area (Å²) in [5, 5.41) is 10.1. The molecule has 9 heteroatoms. The van der Waals surface area contributed by atoms with Crippen molar-refractivity contribution >= 4 is 39.9 Å². The molecule has 1 aliphatic rings. The summed E-state index contributed by atoms with van der Waals surface area (Å²) >= 11 is 1.26. The van der Waals surface area contributed by atoms with Gasteiger partial charge in [0.15, 0.2) is 5.13 Å². The van der Waals surface area contributed by atoms with Gasteiger partial charge in [-0.15, -0.1) is 11.3 Å². The summed E-state index contributed by atoms with van der Waals surface area (Å²) < 4.78 is 0. The number of rotatable bonds is 4. The topological polar surface area (TPSA) is 113 Å². The van der Waals surface area contributed by atoms with Crippen molar-refractivity contribution in [1.82, 2.24) is 15.3 Å². The van der Waals surface area contributed by atoms with Crippen molar-refractivity contribution in [3.63, 3.8) is 0 Å². The molecule has 0 spiro atoms. The average molecular weight is 393 g/mol. The monoisotopic (exact) mass is 393 g/mol. The Hall–Kier alpha value is -3.59. The Morgan fingerprint density at radius 3 is 2.75 bits per heavy atom. The van der Waals surface area contributed by atoms with Gasteiger partial charge in [0.2, 0.25) is 11.8 Å². The smallest absolute Gasteiger partial charge is 0.254 e. The number of fused-ring (bicyclic) bond motifs is 1. The van der Waals surface area contributed by atoms with Gasteiger partial charge in [-0.2, -0.15) is 0 Å². The van der Waals surface area contributed by atoms with E-state index in [9.17, 15) is 14.4 Å². The molecule has 0 saturated heterocycles. The molecule has 28 heavy (non-hydrogen) atoms. The standard InChI is InChI=1S/C19H15N5O3S/c25-16(24-19-23-15(10-28-19)13-7-3-4-8-20-13)9-14-18(27)21-12-6-2-1-5-11(12)17(26)22-14/h1-8,10,14H,9H2,(H,21,27)(H,22,26)(H,23,24,25)/t14-/m1/s1. The third-order valence-corrected chi connectivity index (χ3v) is 4.88. The number of hydrogen-bond donors (Lipinski definition) is 3. The summed E-state index contributed by atoms with van der Waals surface area (Å²) in [5.41, 5.74) is 2.14. The molecule has 1 atom stereocenters. The zero-order chi connectivity index (χ0) is 19.5. The average Bonchev–Trinajstić information content (AvgIpc) is 3.12. The number of anilines is 2. The number of aromatic nitrogens is 2. The molecule has 0 bridgehead atoms. The number of benzene rings is 1. The van der Waals surface area contributed by atoms with E-state index in [0.717, 1.165) is 0 Å². The lowest BCUT2D eigenvalue weighted by atomic mass is 10.1.